The Morgan fingerprint density at radius 3 is 2.35 bits per heavy atom. The third-order valence-electron chi connectivity index (χ3n) is 2.99. The molecular weight excluding hydrogens is 314 g/mol. The van der Waals surface area contributed by atoms with Gasteiger partial charge in [0, 0.05) is 10.5 Å². The van der Waals surface area contributed by atoms with Gasteiger partial charge in [-0.3, -0.25) is 0 Å². The second-order valence-electron chi connectivity index (χ2n) is 5.36. The van der Waals surface area contributed by atoms with Crippen LogP contribution in [0.25, 0.3) is 0 Å². The van der Waals surface area contributed by atoms with Crippen molar-refractivity contribution < 1.29 is 4.74 Å². The maximum atomic E-state index is 6.05. The molecule has 106 valence electrons. The zero-order valence-corrected chi connectivity index (χ0v) is 13.7. The second-order valence-corrected chi connectivity index (χ2v) is 6.27. The van der Waals surface area contributed by atoms with Gasteiger partial charge < -0.3 is 10.5 Å². The van der Waals surface area contributed by atoms with Gasteiger partial charge in [0.15, 0.2) is 0 Å². The largest absolute Gasteiger partial charge is 0.457 e. The lowest BCUT2D eigenvalue weighted by Crippen LogP contribution is -2.18. The molecule has 3 heteroatoms. The Labute approximate surface area is 129 Å². The molecule has 0 spiro atoms. The first-order chi connectivity index (χ1) is 9.44. The van der Waals surface area contributed by atoms with E-state index in [1.807, 2.05) is 31.2 Å². The summed E-state index contributed by atoms with van der Waals surface area (Å²) in [6, 6.07) is 12.4. The van der Waals surface area contributed by atoms with Crippen LogP contribution >= 0.6 is 15.9 Å². The fourth-order valence-electron chi connectivity index (χ4n) is 2.27. The molecule has 0 bridgehead atoms. The standard InChI is InChI=1S/C17H20BrNO/c1-11-6-12(2)8-16(7-11)20-17-5-4-15(18)10-14(17)9-13(3)19/h4-8,10,13H,9,19H2,1-3H3. The quantitative estimate of drug-likeness (QED) is 0.876. The number of hydrogen-bond donors (Lipinski definition) is 1. The van der Waals surface area contributed by atoms with Crippen LogP contribution < -0.4 is 10.5 Å². The predicted molar refractivity (Wildman–Crippen MR) is 87.5 cm³/mol. The third kappa shape index (κ3) is 4.09. The molecule has 0 heterocycles. The smallest absolute Gasteiger partial charge is 0.130 e. The van der Waals surface area contributed by atoms with E-state index < -0.39 is 0 Å². The molecule has 0 saturated heterocycles. The highest BCUT2D eigenvalue weighted by molar-refractivity contribution is 9.10. The molecule has 0 saturated carbocycles. The van der Waals surface area contributed by atoms with Crippen LogP contribution in [-0.2, 0) is 6.42 Å². The Bertz CT molecular complexity index is 588. The number of halogens is 1. The Hall–Kier alpha value is -1.32. The van der Waals surface area contributed by atoms with Gasteiger partial charge in [-0.05, 0) is 74.2 Å². The Balaban J connectivity index is 2.32. The molecule has 20 heavy (non-hydrogen) atoms. The molecule has 1 atom stereocenters. The fourth-order valence-corrected chi connectivity index (χ4v) is 2.68. The summed E-state index contributed by atoms with van der Waals surface area (Å²) in [6.45, 7) is 6.15. The molecule has 2 aromatic rings. The van der Waals surface area contributed by atoms with Gasteiger partial charge >= 0.3 is 0 Å². The van der Waals surface area contributed by atoms with Crippen molar-refractivity contribution in [1.29, 1.82) is 0 Å². The highest BCUT2D eigenvalue weighted by Gasteiger charge is 2.09. The van der Waals surface area contributed by atoms with E-state index in [-0.39, 0.29) is 6.04 Å². The molecule has 0 amide bonds. The third-order valence-corrected chi connectivity index (χ3v) is 3.48. The van der Waals surface area contributed by atoms with E-state index in [0.717, 1.165) is 28.0 Å². The molecule has 2 aromatic carbocycles. The molecular formula is C17H20BrNO. The highest BCUT2D eigenvalue weighted by atomic mass is 79.9. The molecule has 0 aliphatic heterocycles. The summed E-state index contributed by atoms with van der Waals surface area (Å²) in [5.74, 6) is 1.74. The summed E-state index contributed by atoms with van der Waals surface area (Å²) in [7, 11) is 0. The van der Waals surface area contributed by atoms with Crippen molar-refractivity contribution in [2.45, 2.75) is 33.2 Å². The minimum Gasteiger partial charge on any atom is -0.457 e. The molecule has 0 radical (unpaired) electrons. The minimum atomic E-state index is 0.103. The number of nitrogens with two attached hydrogens (primary N) is 1. The van der Waals surface area contributed by atoms with Gasteiger partial charge in [0.1, 0.15) is 11.5 Å². The second kappa shape index (κ2) is 6.42. The van der Waals surface area contributed by atoms with Crippen LogP contribution in [0.5, 0.6) is 11.5 Å². The van der Waals surface area contributed by atoms with Crippen molar-refractivity contribution in [3.05, 3.63) is 57.6 Å². The van der Waals surface area contributed by atoms with E-state index in [2.05, 4.69) is 41.9 Å². The fraction of sp³-hybridized carbons (Fsp3) is 0.294. The van der Waals surface area contributed by atoms with Gasteiger partial charge in [0.2, 0.25) is 0 Å². The van der Waals surface area contributed by atoms with Crippen molar-refractivity contribution in [1.82, 2.24) is 0 Å². The molecule has 0 aromatic heterocycles. The van der Waals surface area contributed by atoms with Gasteiger partial charge in [0.25, 0.3) is 0 Å². The van der Waals surface area contributed by atoms with E-state index in [1.54, 1.807) is 0 Å². The molecule has 0 aliphatic carbocycles. The zero-order chi connectivity index (χ0) is 14.7. The summed E-state index contributed by atoms with van der Waals surface area (Å²) in [5, 5.41) is 0. The topological polar surface area (TPSA) is 35.2 Å². The van der Waals surface area contributed by atoms with Crippen LogP contribution in [-0.4, -0.2) is 6.04 Å². The van der Waals surface area contributed by atoms with E-state index in [4.69, 9.17) is 10.5 Å². The van der Waals surface area contributed by atoms with E-state index in [9.17, 15) is 0 Å². The molecule has 1 unspecified atom stereocenters. The minimum absolute atomic E-state index is 0.103. The van der Waals surface area contributed by atoms with Crippen molar-refractivity contribution in [2.24, 2.45) is 5.73 Å². The molecule has 0 fully saturated rings. The monoisotopic (exact) mass is 333 g/mol. The van der Waals surface area contributed by atoms with Crippen LogP contribution in [0.3, 0.4) is 0 Å². The van der Waals surface area contributed by atoms with Crippen molar-refractivity contribution >= 4 is 15.9 Å². The average molecular weight is 334 g/mol. The van der Waals surface area contributed by atoms with Crippen LogP contribution in [0.1, 0.15) is 23.6 Å². The predicted octanol–water partition coefficient (Wildman–Crippen LogP) is 4.75. The molecule has 2 nitrogen and oxygen atoms in total. The lowest BCUT2D eigenvalue weighted by Gasteiger charge is -2.14. The first-order valence-corrected chi connectivity index (χ1v) is 7.53. The summed E-state index contributed by atoms with van der Waals surface area (Å²) in [4.78, 5) is 0. The van der Waals surface area contributed by atoms with E-state index >= 15 is 0 Å². The van der Waals surface area contributed by atoms with Gasteiger partial charge in [0.05, 0.1) is 0 Å². The number of benzene rings is 2. The van der Waals surface area contributed by atoms with Gasteiger partial charge in [-0.1, -0.05) is 22.0 Å². The first kappa shape index (κ1) is 15.1. The van der Waals surface area contributed by atoms with Crippen molar-refractivity contribution in [2.75, 3.05) is 0 Å². The van der Waals surface area contributed by atoms with Crippen molar-refractivity contribution in [3.8, 4) is 11.5 Å². The van der Waals surface area contributed by atoms with E-state index in [0.29, 0.717) is 0 Å². The lowest BCUT2D eigenvalue weighted by atomic mass is 10.1. The maximum absolute atomic E-state index is 6.05. The number of aryl methyl sites for hydroxylation is 2. The van der Waals surface area contributed by atoms with Crippen LogP contribution in [0.15, 0.2) is 40.9 Å². The van der Waals surface area contributed by atoms with Gasteiger partial charge in [-0.2, -0.15) is 0 Å². The number of ether oxygens (including phenoxy) is 1. The van der Waals surface area contributed by atoms with Crippen LogP contribution in [0, 0.1) is 13.8 Å². The lowest BCUT2D eigenvalue weighted by molar-refractivity contribution is 0.473. The normalized spacial score (nSPS) is 12.2. The SMILES string of the molecule is Cc1cc(C)cc(Oc2ccc(Br)cc2CC(C)N)c1. The maximum Gasteiger partial charge on any atom is 0.130 e. The molecule has 2 rings (SSSR count). The van der Waals surface area contributed by atoms with Gasteiger partial charge in [-0.25, -0.2) is 0 Å². The van der Waals surface area contributed by atoms with Crippen molar-refractivity contribution in [3.63, 3.8) is 0 Å². The van der Waals surface area contributed by atoms with Crippen LogP contribution in [0.2, 0.25) is 0 Å². The average Bonchev–Trinajstić information content (AvgIpc) is 2.30. The van der Waals surface area contributed by atoms with E-state index in [1.165, 1.54) is 11.1 Å². The molecule has 2 N–H and O–H groups in total. The summed E-state index contributed by atoms with van der Waals surface area (Å²) in [6.07, 6.45) is 0.791. The Kier molecular flexibility index (Phi) is 4.84. The Morgan fingerprint density at radius 2 is 1.75 bits per heavy atom. The summed E-state index contributed by atoms with van der Waals surface area (Å²) in [5.41, 5.74) is 9.43. The number of rotatable bonds is 4. The molecule has 0 aliphatic rings. The summed E-state index contributed by atoms with van der Waals surface area (Å²) < 4.78 is 7.09. The Morgan fingerprint density at radius 1 is 1.10 bits per heavy atom. The van der Waals surface area contributed by atoms with Gasteiger partial charge in [-0.15, -0.1) is 0 Å². The highest BCUT2D eigenvalue weighted by Crippen LogP contribution is 2.30. The number of hydrogen-bond acceptors (Lipinski definition) is 2. The zero-order valence-electron chi connectivity index (χ0n) is 12.1. The van der Waals surface area contributed by atoms with Crippen LogP contribution in [0.4, 0.5) is 0 Å². The first-order valence-electron chi connectivity index (χ1n) is 6.74. The summed E-state index contributed by atoms with van der Waals surface area (Å²) >= 11 is 3.50.